The molecule has 0 aromatic rings. The molecule has 1 fully saturated rings. The highest BCUT2D eigenvalue weighted by atomic mass is 16.5. The fourth-order valence-electron chi connectivity index (χ4n) is 3.02. The van der Waals surface area contributed by atoms with Gasteiger partial charge in [-0.3, -0.25) is 4.79 Å². The molecule has 1 aliphatic carbocycles. The Kier molecular flexibility index (Phi) is 6.31. The molecule has 0 aliphatic heterocycles. The second kappa shape index (κ2) is 7.28. The summed E-state index contributed by atoms with van der Waals surface area (Å²) in [5.74, 6) is 0.701. The molecule has 19 heavy (non-hydrogen) atoms. The van der Waals surface area contributed by atoms with Gasteiger partial charge in [0.1, 0.15) is 6.04 Å². The maximum absolute atomic E-state index is 11.6. The van der Waals surface area contributed by atoms with Crippen molar-refractivity contribution in [3.05, 3.63) is 0 Å². The summed E-state index contributed by atoms with van der Waals surface area (Å²) in [5, 5.41) is 3.42. The molecule has 0 bridgehead atoms. The molecule has 1 N–H and O–H groups in total. The number of ether oxygens (including phenoxy) is 1. The lowest BCUT2D eigenvalue weighted by atomic mass is 9.69. The van der Waals surface area contributed by atoms with E-state index < -0.39 is 0 Å². The number of hydrogen-bond donors (Lipinski definition) is 1. The summed E-state index contributed by atoms with van der Waals surface area (Å²) in [6.45, 7) is 11.3. The predicted molar refractivity (Wildman–Crippen MR) is 79.0 cm³/mol. The molecule has 0 amide bonds. The van der Waals surface area contributed by atoms with E-state index in [1.165, 1.54) is 32.1 Å². The van der Waals surface area contributed by atoms with Crippen LogP contribution in [0.1, 0.15) is 66.7 Å². The van der Waals surface area contributed by atoms with Crippen LogP contribution in [0.5, 0.6) is 0 Å². The van der Waals surface area contributed by atoms with E-state index in [9.17, 15) is 4.79 Å². The Morgan fingerprint density at radius 1 is 1.26 bits per heavy atom. The number of carbonyl (C=O) groups is 1. The molecule has 3 nitrogen and oxygen atoms in total. The highest BCUT2D eigenvalue weighted by Crippen LogP contribution is 2.40. The van der Waals surface area contributed by atoms with Crippen molar-refractivity contribution < 1.29 is 9.53 Å². The molecule has 0 heterocycles. The Balaban J connectivity index is 2.36. The number of nitrogens with one attached hydrogen (secondary N) is 1. The zero-order valence-electron chi connectivity index (χ0n) is 13.3. The first kappa shape index (κ1) is 16.5. The smallest absolute Gasteiger partial charge is 0.322 e. The van der Waals surface area contributed by atoms with E-state index in [0.29, 0.717) is 18.1 Å². The monoisotopic (exact) mass is 269 g/mol. The zero-order valence-corrected chi connectivity index (χ0v) is 13.3. The molecule has 0 aromatic heterocycles. The summed E-state index contributed by atoms with van der Waals surface area (Å²) < 4.78 is 5.04. The minimum atomic E-state index is -0.180. The zero-order chi connectivity index (χ0) is 14.5. The molecule has 3 heteroatoms. The topological polar surface area (TPSA) is 38.3 Å². The first-order valence-corrected chi connectivity index (χ1v) is 7.83. The second-order valence-electron chi connectivity index (χ2n) is 6.53. The Morgan fingerprint density at radius 3 is 2.32 bits per heavy atom. The van der Waals surface area contributed by atoms with Gasteiger partial charge < -0.3 is 10.1 Å². The third-order valence-corrected chi connectivity index (χ3v) is 4.87. The summed E-state index contributed by atoms with van der Waals surface area (Å²) >= 11 is 0. The molecule has 1 unspecified atom stereocenters. The Hall–Kier alpha value is -0.570. The van der Waals surface area contributed by atoms with E-state index in [4.69, 9.17) is 4.74 Å². The maximum atomic E-state index is 11.6. The predicted octanol–water partition coefficient (Wildman–Crippen LogP) is 3.52. The molecule has 0 radical (unpaired) electrons. The molecular weight excluding hydrogens is 238 g/mol. The van der Waals surface area contributed by atoms with E-state index >= 15 is 0 Å². The Morgan fingerprint density at radius 2 is 1.84 bits per heavy atom. The van der Waals surface area contributed by atoms with Gasteiger partial charge in [-0.1, -0.05) is 27.2 Å². The van der Waals surface area contributed by atoms with Crippen molar-refractivity contribution in [1.82, 2.24) is 5.32 Å². The molecule has 112 valence electrons. The summed E-state index contributed by atoms with van der Waals surface area (Å²) in [6.07, 6.45) is 6.15. The van der Waals surface area contributed by atoms with Crippen LogP contribution in [-0.4, -0.2) is 24.7 Å². The van der Waals surface area contributed by atoms with Gasteiger partial charge in [0.2, 0.25) is 0 Å². The van der Waals surface area contributed by atoms with Crippen molar-refractivity contribution in [1.29, 1.82) is 0 Å². The van der Waals surface area contributed by atoms with E-state index in [2.05, 4.69) is 26.1 Å². The van der Waals surface area contributed by atoms with Gasteiger partial charge in [0.25, 0.3) is 0 Å². The van der Waals surface area contributed by atoms with E-state index in [1.807, 2.05) is 13.8 Å². The standard InChI is InChI=1S/C16H31NO2/c1-6-16(4,5)13-8-10-14(11-9-13)17-12(3)15(18)19-7-2/h12-14,17H,6-11H2,1-5H3. The number of rotatable bonds is 6. The molecule has 0 saturated heterocycles. The minimum Gasteiger partial charge on any atom is -0.465 e. The van der Waals surface area contributed by atoms with Crippen molar-refractivity contribution in [3.63, 3.8) is 0 Å². The number of esters is 1. The first-order valence-electron chi connectivity index (χ1n) is 7.83. The van der Waals surface area contributed by atoms with Crippen LogP contribution < -0.4 is 5.32 Å². The molecule has 1 rings (SSSR count). The van der Waals surface area contributed by atoms with Gasteiger partial charge >= 0.3 is 5.97 Å². The fraction of sp³-hybridized carbons (Fsp3) is 0.938. The summed E-state index contributed by atoms with van der Waals surface area (Å²) in [6, 6.07) is 0.295. The van der Waals surface area contributed by atoms with Gasteiger partial charge in [0.05, 0.1) is 6.61 Å². The van der Waals surface area contributed by atoms with E-state index in [0.717, 1.165) is 5.92 Å². The lowest BCUT2D eigenvalue weighted by Gasteiger charge is -2.39. The average Bonchev–Trinajstić information content (AvgIpc) is 2.39. The quantitative estimate of drug-likeness (QED) is 0.750. The van der Waals surface area contributed by atoms with Gasteiger partial charge in [-0.2, -0.15) is 0 Å². The molecule has 1 saturated carbocycles. The summed E-state index contributed by atoms with van der Waals surface area (Å²) in [5.41, 5.74) is 0.456. The highest BCUT2D eigenvalue weighted by Gasteiger charge is 2.32. The number of carbonyl (C=O) groups excluding carboxylic acids is 1. The SMILES string of the molecule is CCOC(=O)C(C)NC1CCC(C(C)(C)CC)CC1. The molecule has 1 aliphatic rings. The van der Waals surface area contributed by atoms with E-state index in [-0.39, 0.29) is 12.0 Å². The maximum Gasteiger partial charge on any atom is 0.322 e. The normalized spacial score (nSPS) is 25.9. The van der Waals surface area contributed by atoms with Gasteiger partial charge in [0.15, 0.2) is 0 Å². The van der Waals surface area contributed by atoms with Gasteiger partial charge in [-0.15, -0.1) is 0 Å². The van der Waals surface area contributed by atoms with Crippen molar-refractivity contribution in [2.75, 3.05) is 6.61 Å². The molecule has 1 atom stereocenters. The summed E-state index contributed by atoms with van der Waals surface area (Å²) in [7, 11) is 0. The van der Waals surface area contributed by atoms with Crippen LogP contribution in [0.2, 0.25) is 0 Å². The summed E-state index contributed by atoms with van der Waals surface area (Å²) in [4.78, 5) is 11.6. The molecular formula is C16H31NO2. The van der Waals surface area contributed by atoms with Crippen molar-refractivity contribution >= 4 is 5.97 Å². The van der Waals surface area contributed by atoms with E-state index in [1.54, 1.807) is 0 Å². The lowest BCUT2D eigenvalue weighted by molar-refractivity contribution is -0.145. The van der Waals surface area contributed by atoms with Crippen LogP contribution in [-0.2, 0) is 9.53 Å². The van der Waals surface area contributed by atoms with Crippen LogP contribution in [0, 0.1) is 11.3 Å². The highest BCUT2D eigenvalue weighted by molar-refractivity contribution is 5.75. The van der Waals surface area contributed by atoms with Crippen LogP contribution in [0.15, 0.2) is 0 Å². The Labute approximate surface area is 118 Å². The molecule has 0 spiro atoms. The lowest BCUT2D eigenvalue weighted by Crippen LogP contribution is -2.44. The minimum absolute atomic E-state index is 0.126. The van der Waals surface area contributed by atoms with Crippen molar-refractivity contribution in [2.45, 2.75) is 78.8 Å². The fourth-order valence-corrected chi connectivity index (χ4v) is 3.02. The van der Waals surface area contributed by atoms with Crippen LogP contribution in [0.4, 0.5) is 0 Å². The van der Waals surface area contributed by atoms with Gasteiger partial charge in [-0.05, 0) is 50.9 Å². The second-order valence-corrected chi connectivity index (χ2v) is 6.53. The molecule has 0 aromatic carbocycles. The van der Waals surface area contributed by atoms with Crippen LogP contribution in [0.25, 0.3) is 0 Å². The van der Waals surface area contributed by atoms with Crippen LogP contribution >= 0.6 is 0 Å². The van der Waals surface area contributed by atoms with Gasteiger partial charge in [0, 0.05) is 6.04 Å². The van der Waals surface area contributed by atoms with Crippen molar-refractivity contribution in [2.24, 2.45) is 11.3 Å². The third-order valence-electron chi connectivity index (χ3n) is 4.87. The number of hydrogen-bond acceptors (Lipinski definition) is 3. The van der Waals surface area contributed by atoms with Gasteiger partial charge in [-0.25, -0.2) is 0 Å². The Bertz CT molecular complexity index is 280. The third kappa shape index (κ3) is 4.79. The average molecular weight is 269 g/mol. The van der Waals surface area contributed by atoms with Crippen LogP contribution in [0.3, 0.4) is 0 Å². The largest absolute Gasteiger partial charge is 0.465 e. The van der Waals surface area contributed by atoms with Crippen molar-refractivity contribution in [3.8, 4) is 0 Å². The first-order chi connectivity index (χ1) is 8.90.